The van der Waals surface area contributed by atoms with Crippen molar-refractivity contribution in [2.75, 3.05) is 0 Å². The maximum atomic E-state index is 5.14. The first-order valence-electron chi connectivity index (χ1n) is 19.6. The highest BCUT2D eigenvalue weighted by Crippen LogP contribution is 2.38. The fraction of sp³-hybridized carbons (Fsp3) is 0. The van der Waals surface area contributed by atoms with Crippen LogP contribution in [0.5, 0.6) is 0 Å². The van der Waals surface area contributed by atoms with Gasteiger partial charge < -0.3 is 0 Å². The molecule has 0 aliphatic carbocycles. The Hall–Kier alpha value is -7.75. The first-order valence-corrected chi connectivity index (χ1v) is 19.6. The molecule has 1 aromatic heterocycles. The number of hydrogen-bond donors (Lipinski definition) is 0. The first kappa shape index (κ1) is 34.7. The minimum Gasteiger partial charge on any atom is -0.208 e. The van der Waals surface area contributed by atoms with Crippen LogP contribution in [-0.4, -0.2) is 15.0 Å². The molecule has 10 aromatic rings. The van der Waals surface area contributed by atoms with Gasteiger partial charge in [-0.3, -0.25) is 0 Å². The van der Waals surface area contributed by atoms with Crippen LogP contribution in [0, 0.1) is 0 Å². The Morgan fingerprint density at radius 2 is 0.586 bits per heavy atom. The van der Waals surface area contributed by atoms with Gasteiger partial charge in [-0.05, 0) is 84.6 Å². The van der Waals surface area contributed by atoms with Crippen molar-refractivity contribution in [1.82, 2.24) is 15.0 Å². The molecule has 272 valence electrons. The molecule has 0 fully saturated rings. The molecule has 0 radical (unpaired) electrons. The summed E-state index contributed by atoms with van der Waals surface area (Å²) in [5.41, 5.74) is 14.3. The van der Waals surface area contributed by atoms with E-state index in [1.807, 2.05) is 12.1 Å². The lowest BCUT2D eigenvalue weighted by molar-refractivity contribution is 1.07. The van der Waals surface area contributed by atoms with Crippen molar-refractivity contribution in [3.63, 3.8) is 0 Å². The molecule has 3 heteroatoms. The fourth-order valence-corrected chi connectivity index (χ4v) is 7.67. The van der Waals surface area contributed by atoms with Gasteiger partial charge in [0.2, 0.25) is 0 Å². The van der Waals surface area contributed by atoms with Crippen LogP contribution >= 0.6 is 0 Å². The molecular weight excluding hydrogens is 703 g/mol. The summed E-state index contributed by atoms with van der Waals surface area (Å²) in [6, 6.07) is 79.0. The van der Waals surface area contributed by atoms with Gasteiger partial charge in [0.05, 0.1) is 0 Å². The van der Waals surface area contributed by atoms with Crippen molar-refractivity contribution in [1.29, 1.82) is 0 Å². The highest BCUT2D eigenvalue weighted by atomic mass is 15.0. The van der Waals surface area contributed by atoms with E-state index in [0.29, 0.717) is 17.5 Å². The van der Waals surface area contributed by atoms with Crippen molar-refractivity contribution in [3.8, 4) is 89.8 Å². The number of nitrogens with zero attached hydrogens (tertiary/aromatic N) is 3. The average Bonchev–Trinajstić information content (AvgIpc) is 3.32. The summed E-state index contributed by atoms with van der Waals surface area (Å²) in [4.78, 5) is 15.4. The third-order valence-corrected chi connectivity index (χ3v) is 10.8. The molecule has 0 atom stereocenters. The Morgan fingerprint density at radius 1 is 0.190 bits per heavy atom. The molecule has 0 aliphatic heterocycles. The fourth-order valence-electron chi connectivity index (χ4n) is 7.67. The van der Waals surface area contributed by atoms with Gasteiger partial charge in [-0.25, -0.2) is 15.0 Å². The molecule has 0 aliphatic rings. The molecule has 58 heavy (non-hydrogen) atoms. The number of hydrogen-bond acceptors (Lipinski definition) is 3. The molecule has 0 spiro atoms. The Bertz CT molecular complexity index is 2910. The van der Waals surface area contributed by atoms with Crippen molar-refractivity contribution in [2.24, 2.45) is 0 Å². The van der Waals surface area contributed by atoms with E-state index >= 15 is 0 Å². The Morgan fingerprint density at radius 3 is 1.17 bits per heavy atom. The Labute approximate surface area is 338 Å². The molecule has 9 aromatic carbocycles. The number of fused-ring (bicyclic) bond motifs is 1. The molecular formula is C55H37N3. The second-order valence-corrected chi connectivity index (χ2v) is 14.5. The largest absolute Gasteiger partial charge is 0.208 e. The third kappa shape index (κ3) is 7.09. The quantitative estimate of drug-likeness (QED) is 0.156. The lowest BCUT2D eigenvalue weighted by Crippen LogP contribution is -2.00. The topological polar surface area (TPSA) is 38.7 Å². The van der Waals surface area contributed by atoms with Crippen LogP contribution in [0.2, 0.25) is 0 Å². The summed E-state index contributed by atoms with van der Waals surface area (Å²) >= 11 is 0. The molecule has 0 saturated heterocycles. The van der Waals surface area contributed by atoms with E-state index in [4.69, 9.17) is 15.0 Å². The standard InChI is InChI=1S/C55H37N3/c1-4-13-38(14-5-1)41-23-28-44(29-24-41)53-56-54(45-30-25-42(26-31-45)39-15-6-2-7-16-39)58-55(57-53)50-22-12-21-49(36-50)51-34-33-48(37-52(51)43-18-8-3-9-19-43)47-32-27-40-17-10-11-20-46(40)35-47/h1-37H. The van der Waals surface area contributed by atoms with E-state index in [1.165, 1.54) is 33.0 Å². The highest BCUT2D eigenvalue weighted by molar-refractivity contribution is 5.91. The van der Waals surface area contributed by atoms with Crippen molar-refractivity contribution >= 4 is 10.8 Å². The summed E-state index contributed by atoms with van der Waals surface area (Å²) in [7, 11) is 0. The van der Waals surface area contributed by atoms with Crippen molar-refractivity contribution < 1.29 is 0 Å². The van der Waals surface area contributed by atoms with Crippen LogP contribution in [0.4, 0.5) is 0 Å². The van der Waals surface area contributed by atoms with E-state index in [0.717, 1.165) is 50.1 Å². The minimum absolute atomic E-state index is 0.621. The summed E-state index contributed by atoms with van der Waals surface area (Å²) in [6.07, 6.45) is 0. The van der Waals surface area contributed by atoms with Crippen LogP contribution in [-0.2, 0) is 0 Å². The van der Waals surface area contributed by atoms with Gasteiger partial charge in [0.1, 0.15) is 0 Å². The van der Waals surface area contributed by atoms with Crippen molar-refractivity contribution in [3.05, 3.63) is 224 Å². The van der Waals surface area contributed by atoms with Gasteiger partial charge in [-0.2, -0.15) is 0 Å². The zero-order valence-corrected chi connectivity index (χ0v) is 31.7. The van der Waals surface area contributed by atoms with Crippen LogP contribution in [0.15, 0.2) is 224 Å². The zero-order valence-electron chi connectivity index (χ0n) is 31.7. The molecule has 0 amide bonds. The van der Waals surface area contributed by atoms with E-state index in [2.05, 4.69) is 212 Å². The summed E-state index contributed by atoms with van der Waals surface area (Å²) < 4.78 is 0. The molecule has 0 N–H and O–H groups in total. The molecule has 0 unspecified atom stereocenters. The van der Waals surface area contributed by atoms with E-state index in [-0.39, 0.29) is 0 Å². The predicted molar refractivity (Wildman–Crippen MR) is 241 cm³/mol. The zero-order chi connectivity index (χ0) is 38.7. The molecule has 0 bridgehead atoms. The van der Waals surface area contributed by atoms with Crippen LogP contribution in [0.25, 0.3) is 101 Å². The normalized spacial score (nSPS) is 11.1. The Kier molecular flexibility index (Phi) is 9.23. The molecule has 0 saturated carbocycles. The second-order valence-electron chi connectivity index (χ2n) is 14.5. The SMILES string of the molecule is c1ccc(-c2ccc(-c3nc(-c4ccc(-c5ccccc5)cc4)nc(-c4cccc(-c5ccc(-c6ccc7ccccc7c6)cc5-c5ccccc5)c4)n3)cc2)cc1. The number of benzene rings is 9. The van der Waals surface area contributed by atoms with Gasteiger partial charge in [0, 0.05) is 16.7 Å². The second kappa shape index (κ2) is 15.4. The van der Waals surface area contributed by atoms with Gasteiger partial charge in [-0.1, -0.05) is 206 Å². The minimum atomic E-state index is 0.621. The molecule has 10 rings (SSSR count). The monoisotopic (exact) mass is 739 g/mol. The van der Waals surface area contributed by atoms with E-state index in [1.54, 1.807) is 0 Å². The van der Waals surface area contributed by atoms with Crippen LogP contribution in [0.3, 0.4) is 0 Å². The van der Waals surface area contributed by atoms with Crippen LogP contribution in [0.1, 0.15) is 0 Å². The molecule has 3 nitrogen and oxygen atoms in total. The maximum Gasteiger partial charge on any atom is 0.164 e. The summed E-state index contributed by atoms with van der Waals surface area (Å²) in [6.45, 7) is 0. The Balaban J connectivity index is 1.07. The van der Waals surface area contributed by atoms with E-state index in [9.17, 15) is 0 Å². The highest BCUT2D eigenvalue weighted by Gasteiger charge is 2.16. The smallest absolute Gasteiger partial charge is 0.164 e. The summed E-state index contributed by atoms with van der Waals surface area (Å²) in [5, 5.41) is 2.47. The molecule has 1 heterocycles. The van der Waals surface area contributed by atoms with Gasteiger partial charge in [-0.15, -0.1) is 0 Å². The van der Waals surface area contributed by atoms with Gasteiger partial charge in [0.25, 0.3) is 0 Å². The van der Waals surface area contributed by atoms with Gasteiger partial charge in [0.15, 0.2) is 17.5 Å². The van der Waals surface area contributed by atoms with E-state index < -0.39 is 0 Å². The number of aromatic nitrogens is 3. The van der Waals surface area contributed by atoms with Gasteiger partial charge >= 0.3 is 0 Å². The first-order chi connectivity index (χ1) is 28.7. The predicted octanol–water partition coefficient (Wildman–Crippen LogP) is 14.4. The number of rotatable bonds is 8. The lowest BCUT2D eigenvalue weighted by Gasteiger charge is -2.15. The lowest BCUT2D eigenvalue weighted by atomic mass is 9.90. The van der Waals surface area contributed by atoms with Crippen molar-refractivity contribution in [2.45, 2.75) is 0 Å². The maximum absolute atomic E-state index is 5.14. The average molecular weight is 740 g/mol. The van der Waals surface area contributed by atoms with Crippen LogP contribution < -0.4 is 0 Å². The summed E-state index contributed by atoms with van der Waals surface area (Å²) in [5.74, 6) is 1.87. The third-order valence-electron chi connectivity index (χ3n) is 10.8.